The van der Waals surface area contributed by atoms with Crippen molar-refractivity contribution in [3.05, 3.63) is 11.3 Å². The second-order valence-corrected chi connectivity index (χ2v) is 5.45. The standard InChI is InChI=1S/C15H28N4O/c1-4-6-7-8-10-12(9-5-2)19-14(16)13(15(17)20)11(3)18-19/h12H,4-10,16H2,1-3H3,(H2,17,20). The molecule has 1 amide bonds. The summed E-state index contributed by atoms with van der Waals surface area (Å²) in [5, 5.41) is 4.44. The van der Waals surface area contributed by atoms with Gasteiger partial charge in [0.15, 0.2) is 0 Å². The van der Waals surface area contributed by atoms with Crippen molar-refractivity contribution in [3.63, 3.8) is 0 Å². The molecule has 0 saturated carbocycles. The van der Waals surface area contributed by atoms with Gasteiger partial charge in [-0.1, -0.05) is 46.0 Å². The highest BCUT2D eigenvalue weighted by Crippen LogP contribution is 2.27. The lowest BCUT2D eigenvalue weighted by Gasteiger charge is -2.18. The Balaban J connectivity index is 2.86. The number of anilines is 1. The van der Waals surface area contributed by atoms with Crippen LogP contribution in [0.25, 0.3) is 0 Å². The number of amides is 1. The number of carbonyl (C=O) groups excluding carboxylic acids is 1. The maximum Gasteiger partial charge on any atom is 0.254 e. The van der Waals surface area contributed by atoms with Crippen molar-refractivity contribution in [3.8, 4) is 0 Å². The van der Waals surface area contributed by atoms with Gasteiger partial charge in [-0.25, -0.2) is 4.68 Å². The molecule has 5 nitrogen and oxygen atoms in total. The van der Waals surface area contributed by atoms with Crippen LogP contribution in [0.3, 0.4) is 0 Å². The molecule has 1 heterocycles. The highest BCUT2D eigenvalue weighted by Gasteiger charge is 2.21. The molecular weight excluding hydrogens is 252 g/mol. The van der Waals surface area contributed by atoms with E-state index in [1.54, 1.807) is 6.92 Å². The number of nitrogens with two attached hydrogens (primary N) is 2. The maximum atomic E-state index is 11.4. The van der Waals surface area contributed by atoms with Gasteiger partial charge in [0.2, 0.25) is 0 Å². The van der Waals surface area contributed by atoms with Gasteiger partial charge in [0.25, 0.3) is 5.91 Å². The first-order valence-corrected chi connectivity index (χ1v) is 7.67. The number of aryl methyl sites for hydroxylation is 1. The van der Waals surface area contributed by atoms with Crippen LogP contribution >= 0.6 is 0 Å². The molecule has 20 heavy (non-hydrogen) atoms. The van der Waals surface area contributed by atoms with Crippen molar-refractivity contribution < 1.29 is 4.79 Å². The van der Waals surface area contributed by atoms with Crippen LogP contribution in [-0.2, 0) is 0 Å². The summed E-state index contributed by atoms with van der Waals surface area (Å²) in [5.74, 6) is -0.0728. The van der Waals surface area contributed by atoms with Gasteiger partial charge < -0.3 is 11.5 Å². The van der Waals surface area contributed by atoms with Crippen molar-refractivity contribution in [2.45, 2.75) is 71.8 Å². The summed E-state index contributed by atoms with van der Waals surface area (Å²) in [6.45, 7) is 6.14. The fourth-order valence-corrected chi connectivity index (χ4v) is 2.68. The zero-order chi connectivity index (χ0) is 15.1. The van der Waals surface area contributed by atoms with Crippen LogP contribution in [0.2, 0.25) is 0 Å². The molecule has 0 fully saturated rings. The van der Waals surface area contributed by atoms with E-state index in [9.17, 15) is 4.79 Å². The third kappa shape index (κ3) is 3.99. The second-order valence-electron chi connectivity index (χ2n) is 5.45. The van der Waals surface area contributed by atoms with Gasteiger partial charge in [-0.3, -0.25) is 4.79 Å². The minimum absolute atomic E-state index is 0.267. The molecule has 0 aliphatic carbocycles. The average molecular weight is 280 g/mol. The van der Waals surface area contributed by atoms with Crippen LogP contribution in [0.4, 0.5) is 5.82 Å². The number of nitrogen functional groups attached to an aromatic ring is 1. The molecule has 1 atom stereocenters. The number of aromatic nitrogens is 2. The number of hydrogen-bond acceptors (Lipinski definition) is 3. The SMILES string of the molecule is CCCCCCC(CCC)n1nc(C)c(C(N)=O)c1N. The van der Waals surface area contributed by atoms with Crippen LogP contribution in [0.15, 0.2) is 0 Å². The Labute approximate surface area is 121 Å². The lowest BCUT2D eigenvalue weighted by Crippen LogP contribution is -2.17. The quantitative estimate of drug-likeness (QED) is 0.681. The van der Waals surface area contributed by atoms with Crippen LogP contribution in [0, 0.1) is 6.92 Å². The third-order valence-electron chi connectivity index (χ3n) is 3.73. The van der Waals surface area contributed by atoms with E-state index in [4.69, 9.17) is 11.5 Å². The molecule has 1 aromatic rings. The molecule has 1 unspecified atom stereocenters. The molecule has 1 aromatic heterocycles. The topological polar surface area (TPSA) is 86.9 Å². The summed E-state index contributed by atoms with van der Waals surface area (Å²) in [6, 6.07) is 0.267. The van der Waals surface area contributed by atoms with Gasteiger partial charge in [-0.05, 0) is 19.8 Å². The predicted octanol–water partition coefficient (Wildman–Crippen LogP) is 3.18. The number of nitrogens with zero attached hydrogens (tertiary/aromatic N) is 2. The molecule has 0 radical (unpaired) electrons. The molecule has 0 aromatic carbocycles. The molecule has 1 rings (SSSR count). The van der Waals surface area contributed by atoms with Crippen LogP contribution < -0.4 is 11.5 Å². The van der Waals surface area contributed by atoms with Gasteiger partial charge in [-0.15, -0.1) is 0 Å². The highest BCUT2D eigenvalue weighted by molar-refractivity contribution is 5.98. The van der Waals surface area contributed by atoms with Gasteiger partial charge in [0.1, 0.15) is 11.4 Å². The summed E-state index contributed by atoms with van der Waals surface area (Å²) in [4.78, 5) is 11.4. The van der Waals surface area contributed by atoms with Crippen LogP contribution in [0.5, 0.6) is 0 Å². The number of hydrogen-bond donors (Lipinski definition) is 2. The fraction of sp³-hybridized carbons (Fsp3) is 0.733. The summed E-state index contributed by atoms with van der Waals surface area (Å²) < 4.78 is 1.81. The fourth-order valence-electron chi connectivity index (χ4n) is 2.68. The van der Waals surface area contributed by atoms with Crippen molar-refractivity contribution >= 4 is 11.7 Å². The number of unbranched alkanes of at least 4 members (excludes halogenated alkanes) is 3. The van der Waals surface area contributed by atoms with Crippen LogP contribution in [-0.4, -0.2) is 15.7 Å². The Morgan fingerprint density at radius 2 is 1.90 bits per heavy atom. The van der Waals surface area contributed by atoms with E-state index in [0.29, 0.717) is 17.1 Å². The molecule has 0 saturated heterocycles. The van der Waals surface area contributed by atoms with Crippen molar-refractivity contribution in [1.82, 2.24) is 9.78 Å². The number of primary amides is 1. The first-order valence-electron chi connectivity index (χ1n) is 7.67. The number of rotatable bonds is 9. The minimum Gasteiger partial charge on any atom is -0.383 e. The van der Waals surface area contributed by atoms with Gasteiger partial charge in [0.05, 0.1) is 11.7 Å². The summed E-state index contributed by atoms with van der Waals surface area (Å²) in [5.41, 5.74) is 12.4. The first-order chi connectivity index (χ1) is 9.52. The highest BCUT2D eigenvalue weighted by atomic mass is 16.1. The van der Waals surface area contributed by atoms with Crippen molar-refractivity contribution in [2.75, 3.05) is 5.73 Å². The molecule has 114 valence electrons. The number of carbonyl (C=O) groups is 1. The van der Waals surface area contributed by atoms with Crippen molar-refractivity contribution in [2.24, 2.45) is 5.73 Å². The van der Waals surface area contributed by atoms with E-state index in [-0.39, 0.29) is 6.04 Å². The van der Waals surface area contributed by atoms with Crippen LogP contribution in [0.1, 0.15) is 80.9 Å². The Morgan fingerprint density at radius 1 is 1.20 bits per heavy atom. The summed E-state index contributed by atoms with van der Waals surface area (Å²) in [7, 11) is 0. The van der Waals surface area contributed by atoms with E-state index < -0.39 is 5.91 Å². The zero-order valence-electron chi connectivity index (χ0n) is 13.0. The Morgan fingerprint density at radius 3 is 2.40 bits per heavy atom. The Bertz CT molecular complexity index is 439. The van der Waals surface area contributed by atoms with Gasteiger partial charge in [-0.2, -0.15) is 5.10 Å². The summed E-state index contributed by atoms with van der Waals surface area (Å²) >= 11 is 0. The normalized spacial score (nSPS) is 12.6. The van der Waals surface area contributed by atoms with E-state index in [0.717, 1.165) is 19.3 Å². The monoisotopic (exact) mass is 280 g/mol. The van der Waals surface area contributed by atoms with Crippen molar-refractivity contribution in [1.29, 1.82) is 0 Å². The lowest BCUT2D eigenvalue weighted by atomic mass is 10.0. The van der Waals surface area contributed by atoms with Gasteiger partial charge in [0, 0.05) is 0 Å². The largest absolute Gasteiger partial charge is 0.383 e. The van der Waals surface area contributed by atoms with E-state index in [1.807, 2.05) is 4.68 Å². The zero-order valence-corrected chi connectivity index (χ0v) is 13.0. The predicted molar refractivity (Wildman–Crippen MR) is 82.6 cm³/mol. The molecule has 0 aliphatic heterocycles. The van der Waals surface area contributed by atoms with E-state index >= 15 is 0 Å². The molecule has 0 aliphatic rings. The first kappa shape index (κ1) is 16.5. The lowest BCUT2D eigenvalue weighted by molar-refractivity contribution is 0.100. The average Bonchev–Trinajstić information content (AvgIpc) is 2.68. The molecule has 4 N–H and O–H groups in total. The molecular formula is C15H28N4O. The second kappa shape index (κ2) is 7.92. The Kier molecular flexibility index (Phi) is 6.55. The summed E-state index contributed by atoms with van der Waals surface area (Å²) in [6.07, 6.45) is 8.05. The molecule has 0 bridgehead atoms. The third-order valence-corrected chi connectivity index (χ3v) is 3.73. The Hall–Kier alpha value is -1.52. The van der Waals surface area contributed by atoms with E-state index in [2.05, 4.69) is 18.9 Å². The van der Waals surface area contributed by atoms with E-state index in [1.165, 1.54) is 25.7 Å². The maximum absolute atomic E-state index is 11.4. The molecule has 0 spiro atoms. The minimum atomic E-state index is -0.493. The smallest absolute Gasteiger partial charge is 0.254 e. The van der Waals surface area contributed by atoms with Gasteiger partial charge >= 0.3 is 0 Å². The molecule has 5 heteroatoms.